The molecule has 0 saturated heterocycles. The van der Waals surface area contributed by atoms with Gasteiger partial charge in [0, 0.05) is 24.1 Å². The number of nitrogens with one attached hydrogen (secondary N) is 2. The van der Waals surface area contributed by atoms with Crippen LogP contribution < -0.4 is 11.1 Å². The van der Waals surface area contributed by atoms with E-state index in [-0.39, 0.29) is 10.9 Å². The maximum absolute atomic E-state index is 11.9. The molecule has 104 valence electrons. The molecule has 2 rings (SSSR count). The van der Waals surface area contributed by atoms with E-state index in [2.05, 4.69) is 20.5 Å². The highest BCUT2D eigenvalue weighted by atomic mass is 32.1. The van der Waals surface area contributed by atoms with Crippen molar-refractivity contribution in [3.63, 3.8) is 0 Å². The summed E-state index contributed by atoms with van der Waals surface area (Å²) in [6.45, 7) is 0.566. The lowest BCUT2D eigenvalue weighted by Crippen LogP contribution is -2.25. The summed E-state index contributed by atoms with van der Waals surface area (Å²) in [6, 6.07) is 6.96. The Kier molecular flexibility index (Phi) is 4.78. The van der Waals surface area contributed by atoms with Gasteiger partial charge in [0.2, 0.25) is 0 Å². The SMILES string of the molecule is NC(=S)c1cccc(C(=O)NCCCc2ncn[nH]2)c1. The second kappa shape index (κ2) is 6.76. The fourth-order valence-electron chi connectivity index (χ4n) is 1.72. The van der Waals surface area contributed by atoms with E-state index in [1.165, 1.54) is 6.33 Å². The van der Waals surface area contributed by atoms with Gasteiger partial charge in [0.15, 0.2) is 0 Å². The molecule has 0 aliphatic heterocycles. The third-order valence-corrected chi connectivity index (χ3v) is 2.99. The van der Waals surface area contributed by atoms with E-state index in [4.69, 9.17) is 18.0 Å². The molecule has 0 spiro atoms. The van der Waals surface area contributed by atoms with E-state index in [1.54, 1.807) is 24.3 Å². The minimum absolute atomic E-state index is 0.138. The molecule has 0 atom stereocenters. The van der Waals surface area contributed by atoms with Crippen molar-refractivity contribution in [1.82, 2.24) is 20.5 Å². The van der Waals surface area contributed by atoms with Crippen LogP contribution in [-0.4, -0.2) is 32.6 Å². The lowest BCUT2D eigenvalue weighted by Gasteiger charge is -2.06. The van der Waals surface area contributed by atoms with E-state index in [0.717, 1.165) is 18.7 Å². The van der Waals surface area contributed by atoms with Crippen LogP contribution in [-0.2, 0) is 6.42 Å². The minimum atomic E-state index is -0.138. The van der Waals surface area contributed by atoms with Gasteiger partial charge in [0.1, 0.15) is 17.1 Å². The van der Waals surface area contributed by atoms with Gasteiger partial charge in [0.05, 0.1) is 0 Å². The van der Waals surface area contributed by atoms with Crippen LogP contribution in [0.2, 0.25) is 0 Å². The summed E-state index contributed by atoms with van der Waals surface area (Å²) in [5.41, 5.74) is 6.78. The lowest BCUT2D eigenvalue weighted by molar-refractivity contribution is 0.0953. The molecule has 0 bridgehead atoms. The van der Waals surface area contributed by atoms with Crippen molar-refractivity contribution >= 4 is 23.1 Å². The number of amides is 1. The average Bonchev–Trinajstić information content (AvgIpc) is 2.96. The van der Waals surface area contributed by atoms with E-state index >= 15 is 0 Å². The Morgan fingerprint density at radius 1 is 1.40 bits per heavy atom. The van der Waals surface area contributed by atoms with Crippen molar-refractivity contribution in [3.05, 3.63) is 47.5 Å². The summed E-state index contributed by atoms with van der Waals surface area (Å²) < 4.78 is 0. The van der Waals surface area contributed by atoms with Crippen molar-refractivity contribution in [2.45, 2.75) is 12.8 Å². The molecule has 1 aromatic heterocycles. The van der Waals surface area contributed by atoms with Crippen molar-refractivity contribution in [1.29, 1.82) is 0 Å². The molecular formula is C13H15N5OS. The van der Waals surface area contributed by atoms with Crippen LogP contribution in [0.15, 0.2) is 30.6 Å². The third kappa shape index (κ3) is 3.86. The van der Waals surface area contributed by atoms with E-state index in [9.17, 15) is 4.79 Å². The molecular weight excluding hydrogens is 274 g/mol. The summed E-state index contributed by atoms with van der Waals surface area (Å²) in [4.78, 5) is 16.2. The molecule has 1 amide bonds. The number of carbonyl (C=O) groups is 1. The number of hydrogen-bond acceptors (Lipinski definition) is 4. The summed E-state index contributed by atoms with van der Waals surface area (Å²) in [5, 5.41) is 9.38. The molecule has 6 nitrogen and oxygen atoms in total. The van der Waals surface area contributed by atoms with Gasteiger partial charge in [-0.3, -0.25) is 9.89 Å². The first-order valence-electron chi connectivity index (χ1n) is 6.19. The summed E-state index contributed by atoms with van der Waals surface area (Å²) in [5.74, 6) is 0.676. The van der Waals surface area contributed by atoms with Crippen LogP contribution in [0.4, 0.5) is 0 Å². The number of thiocarbonyl (C=S) groups is 1. The van der Waals surface area contributed by atoms with Gasteiger partial charge in [-0.1, -0.05) is 24.4 Å². The fraction of sp³-hybridized carbons (Fsp3) is 0.231. The van der Waals surface area contributed by atoms with Crippen LogP contribution in [0.1, 0.15) is 28.2 Å². The first-order valence-corrected chi connectivity index (χ1v) is 6.60. The topological polar surface area (TPSA) is 96.7 Å². The number of nitrogens with two attached hydrogens (primary N) is 1. The molecule has 20 heavy (non-hydrogen) atoms. The first-order chi connectivity index (χ1) is 9.66. The molecule has 7 heteroatoms. The fourth-order valence-corrected chi connectivity index (χ4v) is 1.85. The third-order valence-electron chi connectivity index (χ3n) is 2.75. The number of aromatic amines is 1. The zero-order valence-electron chi connectivity index (χ0n) is 10.8. The Balaban J connectivity index is 1.82. The molecule has 0 radical (unpaired) electrons. The highest BCUT2D eigenvalue weighted by molar-refractivity contribution is 7.80. The van der Waals surface area contributed by atoms with Gasteiger partial charge < -0.3 is 11.1 Å². The molecule has 0 aliphatic rings. The van der Waals surface area contributed by atoms with Gasteiger partial charge in [-0.05, 0) is 18.6 Å². The quantitative estimate of drug-likeness (QED) is 0.540. The molecule has 4 N–H and O–H groups in total. The van der Waals surface area contributed by atoms with Gasteiger partial charge in [0.25, 0.3) is 5.91 Å². The van der Waals surface area contributed by atoms with Crippen LogP contribution in [0.3, 0.4) is 0 Å². The second-order valence-electron chi connectivity index (χ2n) is 4.24. The maximum atomic E-state index is 11.9. The zero-order valence-corrected chi connectivity index (χ0v) is 11.6. The Morgan fingerprint density at radius 2 is 2.20 bits per heavy atom. The number of aryl methyl sites for hydroxylation is 1. The van der Waals surface area contributed by atoms with E-state index in [0.29, 0.717) is 17.7 Å². The Morgan fingerprint density at radius 3 is 2.90 bits per heavy atom. The normalized spacial score (nSPS) is 10.2. The molecule has 1 heterocycles. The van der Waals surface area contributed by atoms with Gasteiger partial charge in [-0.2, -0.15) is 5.10 Å². The zero-order chi connectivity index (χ0) is 14.4. The van der Waals surface area contributed by atoms with E-state index in [1.807, 2.05) is 0 Å². The number of aromatic nitrogens is 3. The van der Waals surface area contributed by atoms with Gasteiger partial charge >= 0.3 is 0 Å². The van der Waals surface area contributed by atoms with Crippen molar-refractivity contribution in [3.8, 4) is 0 Å². The number of hydrogen-bond donors (Lipinski definition) is 3. The molecule has 0 saturated carbocycles. The Hall–Kier alpha value is -2.28. The lowest BCUT2D eigenvalue weighted by atomic mass is 10.1. The average molecular weight is 289 g/mol. The summed E-state index contributed by atoms with van der Waals surface area (Å²) in [7, 11) is 0. The number of nitrogens with zero attached hydrogens (tertiary/aromatic N) is 2. The highest BCUT2D eigenvalue weighted by Gasteiger charge is 2.06. The van der Waals surface area contributed by atoms with Crippen LogP contribution in [0.5, 0.6) is 0 Å². The maximum Gasteiger partial charge on any atom is 0.251 e. The Bertz CT molecular complexity index is 597. The Labute approximate surface area is 121 Å². The van der Waals surface area contributed by atoms with Crippen molar-refractivity contribution < 1.29 is 4.79 Å². The summed E-state index contributed by atoms with van der Waals surface area (Å²) in [6.07, 6.45) is 3.00. The monoisotopic (exact) mass is 289 g/mol. The first kappa shape index (κ1) is 14.1. The minimum Gasteiger partial charge on any atom is -0.389 e. The number of rotatable bonds is 6. The van der Waals surface area contributed by atoms with Crippen molar-refractivity contribution in [2.75, 3.05) is 6.54 Å². The van der Waals surface area contributed by atoms with Gasteiger partial charge in [-0.25, -0.2) is 4.98 Å². The predicted octanol–water partition coefficient (Wildman–Crippen LogP) is 0.801. The highest BCUT2D eigenvalue weighted by Crippen LogP contribution is 2.05. The molecule has 0 unspecified atom stereocenters. The van der Waals surface area contributed by atoms with Crippen LogP contribution in [0, 0.1) is 0 Å². The summed E-state index contributed by atoms with van der Waals surface area (Å²) >= 11 is 4.89. The molecule has 0 aliphatic carbocycles. The predicted molar refractivity (Wildman–Crippen MR) is 79.4 cm³/mol. The largest absolute Gasteiger partial charge is 0.389 e. The number of carbonyl (C=O) groups excluding carboxylic acids is 1. The van der Waals surface area contributed by atoms with E-state index < -0.39 is 0 Å². The molecule has 2 aromatic rings. The second-order valence-corrected chi connectivity index (χ2v) is 4.68. The molecule has 0 fully saturated rings. The van der Waals surface area contributed by atoms with Crippen LogP contribution >= 0.6 is 12.2 Å². The smallest absolute Gasteiger partial charge is 0.251 e. The van der Waals surface area contributed by atoms with Crippen molar-refractivity contribution in [2.24, 2.45) is 5.73 Å². The standard InChI is InChI=1S/C13H15N5OS/c14-12(20)9-3-1-4-10(7-9)13(19)15-6-2-5-11-16-8-17-18-11/h1,3-4,7-8H,2,5-6H2,(H2,14,20)(H,15,19)(H,16,17,18). The molecule has 1 aromatic carbocycles. The van der Waals surface area contributed by atoms with Crippen LogP contribution in [0.25, 0.3) is 0 Å². The van der Waals surface area contributed by atoms with Gasteiger partial charge in [-0.15, -0.1) is 0 Å². The number of H-pyrrole nitrogens is 1. The number of benzene rings is 1.